The average molecular weight is 443 g/mol. The molecule has 7 heteroatoms. The monoisotopic (exact) mass is 442 g/mol. The number of hydrogen-bond acceptors (Lipinski definition) is 5. The first-order valence-corrected chi connectivity index (χ1v) is 11.5. The highest BCUT2D eigenvalue weighted by atomic mass is 32.1. The van der Waals surface area contributed by atoms with Crippen molar-refractivity contribution in [3.8, 4) is 11.4 Å². The minimum Gasteiger partial charge on any atom is -0.370 e. The SMILES string of the molecule is CC1(C)Cc2c(sc3c2c2nc(-c4ccccc4)nn2c(=O)n3Cc2ccccc2)CO1. The molecule has 4 heterocycles. The quantitative estimate of drug-likeness (QED) is 0.407. The van der Waals surface area contributed by atoms with E-state index in [1.807, 2.05) is 65.2 Å². The van der Waals surface area contributed by atoms with Crippen LogP contribution in [-0.4, -0.2) is 24.8 Å². The van der Waals surface area contributed by atoms with E-state index in [0.717, 1.165) is 32.6 Å². The first kappa shape index (κ1) is 19.4. The normalized spacial score (nSPS) is 15.3. The van der Waals surface area contributed by atoms with Gasteiger partial charge in [0.2, 0.25) is 0 Å². The third kappa shape index (κ3) is 3.08. The third-order valence-corrected chi connectivity index (χ3v) is 7.20. The molecular weight excluding hydrogens is 420 g/mol. The zero-order valence-corrected chi connectivity index (χ0v) is 18.7. The average Bonchev–Trinajstić information content (AvgIpc) is 3.39. The van der Waals surface area contributed by atoms with E-state index in [4.69, 9.17) is 9.72 Å². The van der Waals surface area contributed by atoms with E-state index in [1.165, 1.54) is 10.1 Å². The molecule has 160 valence electrons. The van der Waals surface area contributed by atoms with Crippen LogP contribution in [0.25, 0.3) is 27.3 Å². The molecule has 0 atom stereocenters. The molecule has 0 saturated heterocycles. The summed E-state index contributed by atoms with van der Waals surface area (Å²) in [6.07, 6.45) is 0.773. The molecular formula is C25H22N4O2S. The number of fused-ring (bicyclic) bond motifs is 5. The number of aromatic nitrogens is 4. The highest BCUT2D eigenvalue weighted by molar-refractivity contribution is 7.19. The van der Waals surface area contributed by atoms with Crippen molar-refractivity contribution < 1.29 is 4.74 Å². The van der Waals surface area contributed by atoms with Crippen LogP contribution in [0.2, 0.25) is 0 Å². The summed E-state index contributed by atoms with van der Waals surface area (Å²) in [5, 5.41) is 5.67. The fraction of sp³-hybridized carbons (Fsp3) is 0.240. The Labute approximate surface area is 188 Å². The maximum absolute atomic E-state index is 13.6. The van der Waals surface area contributed by atoms with Crippen LogP contribution < -0.4 is 5.69 Å². The molecule has 0 fully saturated rings. The molecule has 2 aromatic carbocycles. The highest BCUT2D eigenvalue weighted by Crippen LogP contribution is 2.40. The van der Waals surface area contributed by atoms with Gasteiger partial charge < -0.3 is 4.74 Å². The van der Waals surface area contributed by atoms with Crippen LogP contribution in [0.4, 0.5) is 0 Å². The molecule has 0 spiro atoms. The molecule has 3 aromatic heterocycles. The van der Waals surface area contributed by atoms with Crippen LogP contribution in [0.5, 0.6) is 0 Å². The van der Waals surface area contributed by atoms with Crippen molar-refractivity contribution in [2.75, 3.05) is 0 Å². The van der Waals surface area contributed by atoms with E-state index in [9.17, 15) is 4.79 Å². The predicted octanol–water partition coefficient (Wildman–Crippen LogP) is 4.67. The Balaban J connectivity index is 1.67. The molecule has 0 radical (unpaired) electrons. The van der Waals surface area contributed by atoms with Crippen molar-refractivity contribution >= 4 is 27.2 Å². The summed E-state index contributed by atoms with van der Waals surface area (Å²) in [7, 11) is 0. The van der Waals surface area contributed by atoms with E-state index in [0.29, 0.717) is 24.6 Å². The molecule has 0 N–H and O–H groups in total. The largest absolute Gasteiger partial charge is 0.370 e. The summed E-state index contributed by atoms with van der Waals surface area (Å²) in [5.74, 6) is 0.563. The van der Waals surface area contributed by atoms with E-state index in [2.05, 4.69) is 18.9 Å². The van der Waals surface area contributed by atoms with Crippen molar-refractivity contribution in [3.05, 3.63) is 87.2 Å². The van der Waals surface area contributed by atoms with Gasteiger partial charge in [-0.15, -0.1) is 16.4 Å². The molecule has 32 heavy (non-hydrogen) atoms. The van der Waals surface area contributed by atoms with Gasteiger partial charge in [-0.3, -0.25) is 4.57 Å². The Kier molecular flexibility index (Phi) is 4.31. The number of thiophene rings is 1. The Morgan fingerprint density at radius 3 is 2.53 bits per heavy atom. The summed E-state index contributed by atoms with van der Waals surface area (Å²) >= 11 is 1.64. The summed E-state index contributed by atoms with van der Waals surface area (Å²) in [5.41, 5.74) is 3.38. The van der Waals surface area contributed by atoms with Crippen LogP contribution in [0.15, 0.2) is 65.5 Å². The summed E-state index contributed by atoms with van der Waals surface area (Å²) < 4.78 is 9.38. The fourth-order valence-electron chi connectivity index (χ4n) is 4.38. The number of rotatable bonds is 3. The van der Waals surface area contributed by atoms with Gasteiger partial charge in [0.1, 0.15) is 4.83 Å². The maximum atomic E-state index is 13.6. The Hall–Kier alpha value is -3.29. The number of nitrogens with zero attached hydrogens (tertiary/aromatic N) is 4. The van der Waals surface area contributed by atoms with Gasteiger partial charge >= 0.3 is 5.69 Å². The lowest BCUT2D eigenvalue weighted by Crippen LogP contribution is -2.31. The molecule has 0 bridgehead atoms. The summed E-state index contributed by atoms with van der Waals surface area (Å²) in [6.45, 7) is 5.25. The van der Waals surface area contributed by atoms with Crippen LogP contribution in [0.1, 0.15) is 29.9 Å². The second-order valence-corrected chi connectivity index (χ2v) is 9.88. The molecule has 0 aliphatic carbocycles. The number of hydrogen-bond donors (Lipinski definition) is 0. The summed E-state index contributed by atoms with van der Waals surface area (Å²) in [6, 6.07) is 19.9. The van der Waals surface area contributed by atoms with Crippen molar-refractivity contribution in [2.45, 2.75) is 39.0 Å². The van der Waals surface area contributed by atoms with Gasteiger partial charge in [0.15, 0.2) is 11.5 Å². The minimum absolute atomic E-state index is 0.176. The molecule has 5 aromatic rings. The molecule has 1 aliphatic heterocycles. The van der Waals surface area contributed by atoms with Crippen LogP contribution in [0, 0.1) is 0 Å². The zero-order chi connectivity index (χ0) is 21.9. The van der Waals surface area contributed by atoms with Crippen LogP contribution >= 0.6 is 11.3 Å². The molecule has 1 aliphatic rings. The molecule has 6 nitrogen and oxygen atoms in total. The summed E-state index contributed by atoms with van der Waals surface area (Å²) in [4.78, 5) is 20.6. The van der Waals surface area contributed by atoms with Gasteiger partial charge in [-0.05, 0) is 25.0 Å². The van der Waals surface area contributed by atoms with Crippen molar-refractivity contribution in [3.63, 3.8) is 0 Å². The minimum atomic E-state index is -0.263. The van der Waals surface area contributed by atoms with Crippen LogP contribution in [0.3, 0.4) is 0 Å². The first-order valence-electron chi connectivity index (χ1n) is 10.7. The zero-order valence-electron chi connectivity index (χ0n) is 17.9. The molecule has 6 rings (SSSR count). The standard InChI is InChI=1S/C25H22N4O2S/c1-25(2)13-18-19(15-31-25)32-23-20(18)22-26-21(17-11-7-4-8-12-17)27-29(22)24(30)28(23)14-16-9-5-3-6-10-16/h3-12H,13-15H2,1-2H3. The van der Waals surface area contributed by atoms with Gasteiger partial charge in [-0.1, -0.05) is 60.7 Å². The number of benzene rings is 2. The molecule has 0 unspecified atom stereocenters. The van der Waals surface area contributed by atoms with Gasteiger partial charge in [-0.2, -0.15) is 4.52 Å². The lowest BCUT2D eigenvalue weighted by Gasteiger charge is -2.30. The van der Waals surface area contributed by atoms with E-state index < -0.39 is 0 Å². The number of ether oxygens (including phenoxy) is 1. The second kappa shape index (κ2) is 7.12. The van der Waals surface area contributed by atoms with E-state index in [-0.39, 0.29) is 11.3 Å². The lowest BCUT2D eigenvalue weighted by molar-refractivity contribution is -0.0379. The second-order valence-electron chi connectivity index (χ2n) is 8.80. The van der Waals surface area contributed by atoms with Gasteiger partial charge in [0.25, 0.3) is 0 Å². The smallest absolute Gasteiger partial charge is 0.352 e. The molecule has 0 saturated carbocycles. The maximum Gasteiger partial charge on any atom is 0.352 e. The van der Waals surface area contributed by atoms with Crippen LogP contribution in [-0.2, 0) is 24.3 Å². The Morgan fingerprint density at radius 2 is 1.78 bits per heavy atom. The Morgan fingerprint density at radius 1 is 1.06 bits per heavy atom. The van der Waals surface area contributed by atoms with Crippen molar-refractivity contribution in [2.24, 2.45) is 0 Å². The molecule has 0 amide bonds. The van der Waals surface area contributed by atoms with Crippen molar-refractivity contribution in [1.29, 1.82) is 0 Å². The topological polar surface area (TPSA) is 61.4 Å². The van der Waals surface area contributed by atoms with Gasteiger partial charge in [0, 0.05) is 16.9 Å². The van der Waals surface area contributed by atoms with Gasteiger partial charge in [0.05, 0.1) is 24.1 Å². The van der Waals surface area contributed by atoms with E-state index in [1.54, 1.807) is 11.3 Å². The lowest BCUT2D eigenvalue weighted by atomic mass is 9.94. The first-order chi connectivity index (χ1) is 15.5. The Bertz CT molecular complexity index is 1510. The third-order valence-electron chi connectivity index (χ3n) is 5.97. The fourth-order valence-corrected chi connectivity index (χ4v) is 5.60. The van der Waals surface area contributed by atoms with Crippen molar-refractivity contribution in [1.82, 2.24) is 19.2 Å². The van der Waals surface area contributed by atoms with E-state index >= 15 is 0 Å². The van der Waals surface area contributed by atoms with Gasteiger partial charge in [-0.25, -0.2) is 9.78 Å². The highest BCUT2D eigenvalue weighted by Gasteiger charge is 2.32. The predicted molar refractivity (Wildman–Crippen MR) is 126 cm³/mol.